The molecule has 1 aliphatic rings. The summed E-state index contributed by atoms with van der Waals surface area (Å²) in [5.41, 5.74) is 5.47. The van der Waals surface area contributed by atoms with Gasteiger partial charge in [-0.15, -0.1) is 0 Å². The molecule has 3 heteroatoms. The summed E-state index contributed by atoms with van der Waals surface area (Å²) in [5, 5.41) is 0. The summed E-state index contributed by atoms with van der Waals surface area (Å²) in [6, 6.07) is 0. The zero-order chi connectivity index (χ0) is 8.32. The molecule has 0 aliphatic carbocycles. The summed E-state index contributed by atoms with van der Waals surface area (Å²) in [4.78, 5) is 0. The van der Waals surface area contributed by atoms with Crippen LogP contribution in [0.5, 0.6) is 0 Å². The minimum absolute atomic E-state index is 0.0941. The van der Waals surface area contributed by atoms with Crippen molar-refractivity contribution in [3.05, 3.63) is 0 Å². The minimum Gasteiger partial charge on any atom is -0.382 e. The van der Waals surface area contributed by atoms with Crippen molar-refractivity contribution in [2.45, 2.75) is 31.5 Å². The molecule has 1 fully saturated rings. The Labute approximate surface area is 67.9 Å². The van der Waals surface area contributed by atoms with E-state index in [1.807, 2.05) is 0 Å². The molecule has 2 N–H and O–H groups in total. The van der Waals surface area contributed by atoms with Gasteiger partial charge in [0.2, 0.25) is 0 Å². The van der Waals surface area contributed by atoms with Crippen LogP contribution in [0.1, 0.15) is 19.8 Å². The molecule has 0 aromatic carbocycles. The monoisotopic (exact) mass is 159 g/mol. The Morgan fingerprint density at radius 1 is 1.73 bits per heavy atom. The summed E-state index contributed by atoms with van der Waals surface area (Å²) in [6.07, 6.45) is 2.38. The molecule has 1 heterocycles. The van der Waals surface area contributed by atoms with E-state index in [0.29, 0.717) is 13.2 Å². The zero-order valence-corrected chi connectivity index (χ0v) is 7.30. The van der Waals surface area contributed by atoms with E-state index < -0.39 is 0 Å². The fourth-order valence-electron chi connectivity index (χ4n) is 1.44. The highest BCUT2D eigenvalue weighted by atomic mass is 16.5. The molecule has 0 aromatic rings. The van der Waals surface area contributed by atoms with Gasteiger partial charge in [-0.2, -0.15) is 0 Å². The van der Waals surface area contributed by atoms with Crippen LogP contribution in [0.2, 0.25) is 0 Å². The van der Waals surface area contributed by atoms with Crippen LogP contribution in [0.15, 0.2) is 0 Å². The summed E-state index contributed by atoms with van der Waals surface area (Å²) >= 11 is 0. The molecule has 1 aliphatic heterocycles. The Bertz CT molecular complexity index is 129. The maximum atomic E-state index is 5.69. The molecule has 11 heavy (non-hydrogen) atoms. The first-order valence-corrected chi connectivity index (χ1v) is 4.07. The summed E-state index contributed by atoms with van der Waals surface area (Å²) in [5.74, 6) is 0. The molecule has 3 nitrogen and oxygen atoms in total. The second kappa shape index (κ2) is 3.52. The van der Waals surface area contributed by atoms with Crippen molar-refractivity contribution in [3.8, 4) is 0 Å². The molecule has 2 unspecified atom stereocenters. The quantitative estimate of drug-likeness (QED) is 0.653. The average molecular weight is 159 g/mol. The zero-order valence-electron chi connectivity index (χ0n) is 7.30. The molecule has 0 spiro atoms. The first-order valence-electron chi connectivity index (χ1n) is 4.07. The maximum absolute atomic E-state index is 5.69. The van der Waals surface area contributed by atoms with Crippen molar-refractivity contribution in [1.29, 1.82) is 0 Å². The van der Waals surface area contributed by atoms with E-state index in [0.717, 1.165) is 12.8 Å². The van der Waals surface area contributed by atoms with Crippen LogP contribution in [-0.2, 0) is 9.47 Å². The molecule has 0 amide bonds. The molecule has 1 saturated heterocycles. The molecule has 1 rings (SSSR count). The minimum atomic E-state index is -0.0941. The fraction of sp³-hybridized carbons (Fsp3) is 1.00. The molecule has 2 atom stereocenters. The van der Waals surface area contributed by atoms with Gasteiger partial charge in [-0.3, -0.25) is 0 Å². The second-order valence-corrected chi connectivity index (χ2v) is 3.39. The van der Waals surface area contributed by atoms with Crippen molar-refractivity contribution in [1.82, 2.24) is 0 Å². The lowest BCUT2D eigenvalue weighted by Crippen LogP contribution is -2.35. The van der Waals surface area contributed by atoms with Crippen LogP contribution in [0.25, 0.3) is 0 Å². The van der Waals surface area contributed by atoms with Crippen LogP contribution in [0, 0.1) is 0 Å². The van der Waals surface area contributed by atoms with Gasteiger partial charge in [0, 0.05) is 13.7 Å². The lowest BCUT2D eigenvalue weighted by Gasteiger charge is -2.22. The van der Waals surface area contributed by atoms with E-state index in [4.69, 9.17) is 15.2 Å². The highest BCUT2D eigenvalue weighted by Crippen LogP contribution is 2.28. The Hall–Kier alpha value is -0.120. The number of hydrogen-bond donors (Lipinski definition) is 1. The van der Waals surface area contributed by atoms with Gasteiger partial charge in [0.05, 0.1) is 18.3 Å². The first kappa shape index (κ1) is 8.97. The topological polar surface area (TPSA) is 44.5 Å². The van der Waals surface area contributed by atoms with Gasteiger partial charge in [0.15, 0.2) is 0 Å². The molecular weight excluding hydrogens is 142 g/mol. The smallest absolute Gasteiger partial charge is 0.0817 e. The molecule has 66 valence electrons. The van der Waals surface area contributed by atoms with Gasteiger partial charge in [0.1, 0.15) is 0 Å². The van der Waals surface area contributed by atoms with Crippen molar-refractivity contribution in [2.75, 3.05) is 20.3 Å². The summed E-state index contributed by atoms with van der Waals surface area (Å²) in [7, 11) is 1.70. The predicted octanol–water partition coefficient (Wildman–Crippen LogP) is 0.529. The normalized spacial score (nSPS) is 37.9. The van der Waals surface area contributed by atoms with E-state index in [1.54, 1.807) is 7.11 Å². The van der Waals surface area contributed by atoms with Crippen LogP contribution >= 0.6 is 0 Å². The van der Waals surface area contributed by atoms with Gasteiger partial charge in [-0.05, 0) is 19.8 Å². The third kappa shape index (κ3) is 2.15. The van der Waals surface area contributed by atoms with E-state index in [2.05, 4.69) is 6.92 Å². The SMILES string of the molecule is COCC1CCC(C)(CN)O1. The van der Waals surface area contributed by atoms with Gasteiger partial charge < -0.3 is 15.2 Å². The van der Waals surface area contributed by atoms with Crippen molar-refractivity contribution >= 4 is 0 Å². The first-order chi connectivity index (χ1) is 5.20. The Morgan fingerprint density at radius 3 is 2.91 bits per heavy atom. The van der Waals surface area contributed by atoms with Crippen molar-refractivity contribution < 1.29 is 9.47 Å². The molecule has 0 bridgehead atoms. The summed E-state index contributed by atoms with van der Waals surface area (Å²) in [6.45, 7) is 3.35. The maximum Gasteiger partial charge on any atom is 0.0817 e. The van der Waals surface area contributed by atoms with Crippen molar-refractivity contribution in [3.63, 3.8) is 0 Å². The Morgan fingerprint density at radius 2 is 2.45 bits per heavy atom. The fourth-order valence-corrected chi connectivity index (χ4v) is 1.44. The molecular formula is C8H17NO2. The van der Waals surface area contributed by atoms with Crippen LogP contribution in [0.3, 0.4) is 0 Å². The van der Waals surface area contributed by atoms with Gasteiger partial charge in [0.25, 0.3) is 0 Å². The molecule has 0 radical (unpaired) electrons. The van der Waals surface area contributed by atoms with Crippen molar-refractivity contribution in [2.24, 2.45) is 5.73 Å². The Kier molecular flexibility index (Phi) is 2.87. The van der Waals surface area contributed by atoms with E-state index in [1.165, 1.54) is 0 Å². The number of methoxy groups -OCH3 is 1. The van der Waals surface area contributed by atoms with E-state index in [9.17, 15) is 0 Å². The lowest BCUT2D eigenvalue weighted by atomic mass is 10.0. The second-order valence-electron chi connectivity index (χ2n) is 3.39. The number of rotatable bonds is 3. The lowest BCUT2D eigenvalue weighted by molar-refractivity contribution is -0.0498. The number of hydrogen-bond acceptors (Lipinski definition) is 3. The van der Waals surface area contributed by atoms with E-state index in [-0.39, 0.29) is 11.7 Å². The largest absolute Gasteiger partial charge is 0.382 e. The highest BCUT2D eigenvalue weighted by molar-refractivity contribution is 4.85. The van der Waals surface area contributed by atoms with Crippen LogP contribution in [-0.4, -0.2) is 32.0 Å². The summed E-state index contributed by atoms with van der Waals surface area (Å²) < 4.78 is 10.7. The standard InChI is InChI=1S/C8H17NO2/c1-8(6-9)4-3-7(11-8)5-10-2/h7H,3-6,9H2,1-2H3. The highest BCUT2D eigenvalue weighted by Gasteiger charge is 2.34. The van der Waals surface area contributed by atoms with E-state index >= 15 is 0 Å². The average Bonchev–Trinajstić information content (AvgIpc) is 2.35. The Balaban J connectivity index is 2.33. The van der Waals surface area contributed by atoms with Crippen LogP contribution < -0.4 is 5.73 Å². The van der Waals surface area contributed by atoms with Gasteiger partial charge in [-0.1, -0.05) is 0 Å². The third-order valence-corrected chi connectivity index (χ3v) is 2.23. The molecule has 0 aromatic heterocycles. The number of nitrogens with two attached hydrogens (primary N) is 1. The third-order valence-electron chi connectivity index (χ3n) is 2.23. The number of ether oxygens (including phenoxy) is 2. The van der Waals surface area contributed by atoms with Gasteiger partial charge in [-0.25, -0.2) is 0 Å². The van der Waals surface area contributed by atoms with Gasteiger partial charge >= 0.3 is 0 Å². The molecule has 0 saturated carbocycles. The predicted molar refractivity (Wildman–Crippen MR) is 43.4 cm³/mol. The van der Waals surface area contributed by atoms with Crippen LogP contribution in [0.4, 0.5) is 0 Å².